The highest BCUT2D eigenvalue weighted by atomic mass is 35.5. The summed E-state index contributed by atoms with van der Waals surface area (Å²) in [6.45, 7) is 0.681. The summed E-state index contributed by atoms with van der Waals surface area (Å²) in [7, 11) is 3.95. The van der Waals surface area contributed by atoms with Crippen LogP contribution in [0.5, 0.6) is 5.75 Å². The number of carbonyl (C=O) groups excluding carboxylic acids is 1. The molecule has 3 rings (SSSR count). The van der Waals surface area contributed by atoms with Crippen LogP contribution in [0.3, 0.4) is 0 Å². The van der Waals surface area contributed by atoms with Crippen LogP contribution in [0.25, 0.3) is 10.9 Å². The van der Waals surface area contributed by atoms with E-state index in [2.05, 4.69) is 15.3 Å². The van der Waals surface area contributed by atoms with Gasteiger partial charge >= 0.3 is 6.09 Å². The Morgan fingerprint density at radius 3 is 2.68 bits per heavy atom. The molecule has 1 heterocycles. The minimum atomic E-state index is -0.901. The van der Waals surface area contributed by atoms with Gasteiger partial charge in [0.25, 0.3) is 0 Å². The van der Waals surface area contributed by atoms with Crippen LogP contribution in [0, 0.1) is 0 Å². The molecule has 0 saturated heterocycles. The molecule has 146 valence electrons. The first-order chi connectivity index (χ1) is 13.3. The maximum Gasteiger partial charge on any atom is 0.410 e. The summed E-state index contributed by atoms with van der Waals surface area (Å²) in [6.07, 6.45) is 0.502. The first-order valence-electron chi connectivity index (χ1n) is 8.42. The number of primary amides is 1. The summed E-state index contributed by atoms with van der Waals surface area (Å²) >= 11 is 12.3. The van der Waals surface area contributed by atoms with E-state index in [1.807, 2.05) is 37.2 Å². The SMILES string of the molecule is CN(C)CC(Nc1ncnc2c(OC(N)=O)cccc12)c1ccc(Cl)c(Cl)c1. The number of rotatable bonds is 6. The van der Waals surface area contributed by atoms with E-state index in [1.165, 1.54) is 6.33 Å². The molecular weight excluding hydrogens is 401 g/mol. The number of ether oxygens (including phenoxy) is 1. The van der Waals surface area contributed by atoms with Crippen LogP contribution in [-0.2, 0) is 0 Å². The van der Waals surface area contributed by atoms with Gasteiger partial charge in [-0.05, 0) is 43.9 Å². The molecule has 0 fully saturated rings. The summed E-state index contributed by atoms with van der Waals surface area (Å²) in [6, 6.07) is 10.6. The molecule has 7 nitrogen and oxygen atoms in total. The normalized spacial score (nSPS) is 12.2. The van der Waals surface area contributed by atoms with Crippen molar-refractivity contribution < 1.29 is 9.53 Å². The van der Waals surface area contributed by atoms with Crippen molar-refractivity contribution in [1.82, 2.24) is 14.9 Å². The fourth-order valence-electron chi connectivity index (χ4n) is 2.86. The van der Waals surface area contributed by atoms with Crippen molar-refractivity contribution in [2.75, 3.05) is 26.0 Å². The molecule has 1 atom stereocenters. The third kappa shape index (κ3) is 4.62. The minimum Gasteiger partial charge on any atom is -0.408 e. The number of fused-ring (bicyclic) bond motifs is 1. The van der Waals surface area contributed by atoms with E-state index >= 15 is 0 Å². The van der Waals surface area contributed by atoms with Gasteiger partial charge in [-0.2, -0.15) is 0 Å². The number of hydrogen-bond donors (Lipinski definition) is 2. The molecule has 0 aliphatic heterocycles. The molecule has 1 aromatic heterocycles. The molecule has 1 amide bonds. The first-order valence-corrected chi connectivity index (χ1v) is 9.18. The van der Waals surface area contributed by atoms with E-state index in [0.717, 1.165) is 5.56 Å². The van der Waals surface area contributed by atoms with Crippen molar-refractivity contribution >= 4 is 46.0 Å². The number of likely N-dealkylation sites (N-methyl/N-ethyl adjacent to an activating group) is 1. The number of anilines is 1. The number of aromatic nitrogens is 2. The lowest BCUT2D eigenvalue weighted by Gasteiger charge is -2.24. The van der Waals surface area contributed by atoms with Crippen molar-refractivity contribution in [3.05, 3.63) is 58.3 Å². The number of nitrogens with zero attached hydrogens (tertiary/aromatic N) is 3. The third-order valence-electron chi connectivity index (χ3n) is 4.04. The van der Waals surface area contributed by atoms with Crippen molar-refractivity contribution in [2.45, 2.75) is 6.04 Å². The maximum atomic E-state index is 11.2. The van der Waals surface area contributed by atoms with Gasteiger partial charge in [-0.1, -0.05) is 35.3 Å². The zero-order valence-corrected chi connectivity index (χ0v) is 16.8. The Morgan fingerprint density at radius 2 is 2.00 bits per heavy atom. The molecule has 3 N–H and O–H groups in total. The van der Waals surface area contributed by atoms with Gasteiger partial charge in [0.2, 0.25) is 0 Å². The van der Waals surface area contributed by atoms with Crippen molar-refractivity contribution in [3.63, 3.8) is 0 Å². The average Bonchev–Trinajstić information content (AvgIpc) is 2.63. The van der Waals surface area contributed by atoms with Gasteiger partial charge < -0.3 is 20.7 Å². The number of benzene rings is 2. The molecule has 0 radical (unpaired) electrons. The third-order valence-corrected chi connectivity index (χ3v) is 4.78. The Morgan fingerprint density at radius 1 is 1.21 bits per heavy atom. The fraction of sp³-hybridized carbons (Fsp3) is 0.211. The number of hydrogen-bond acceptors (Lipinski definition) is 6. The van der Waals surface area contributed by atoms with Gasteiger partial charge in [0, 0.05) is 11.9 Å². The molecular formula is C19H19Cl2N5O2. The van der Waals surface area contributed by atoms with Gasteiger partial charge in [-0.25, -0.2) is 14.8 Å². The zero-order chi connectivity index (χ0) is 20.3. The predicted octanol–water partition coefficient (Wildman–Crippen LogP) is 4.11. The second kappa shape index (κ2) is 8.60. The number of halogens is 2. The quantitative estimate of drug-likeness (QED) is 0.624. The summed E-state index contributed by atoms with van der Waals surface area (Å²) < 4.78 is 5.05. The predicted molar refractivity (Wildman–Crippen MR) is 111 cm³/mol. The van der Waals surface area contributed by atoms with Gasteiger partial charge in [0.15, 0.2) is 5.75 Å². The topological polar surface area (TPSA) is 93.4 Å². The zero-order valence-electron chi connectivity index (χ0n) is 15.3. The monoisotopic (exact) mass is 419 g/mol. The van der Waals surface area contributed by atoms with E-state index in [-0.39, 0.29) is 11.8 Å². The molecule has 28 heavy (non-hydrogen) atoms. The average molecular weight is 420 g/mol. The summed E-state index contributed by atoms with van der Waals surface area (Å²) in [4.78, 5) is 21.8. The lowest BCUT2D eigenvalue weighted by molar-refractivity contribution is 0.211. The number of para-hydroxylation sites is 1. The summed E-state index contributed by atoms with van der Waals surface area (Å²) in [5.41, 5.74) is 6.58. The van der Waals surface area contributed by atoms with Crippen LogP contribution in [0.4, 0.5) is 10.6 Å². The molecule has 9 heteroatoms. The van der Waals surface area contributed by atoms with E-state index < -0.39 is 6.09 Å². The smallest absolute Gasteiger partial charge is 0.408 e. The standard InChI is InChI=1S/C19H19Cl2N5O2/c1-26(2)9-15(11-6-7-13(20)14(21)8-11)25-18-12-4-3-5-16(28-19(22)27)17(12)23-10-24-18/h3-8,10,15H,9H2,1-2H3,(H2,22,27)(H,23,24,25). The molecule has 0 saturated carbocycles. The van der Waals surface area contributed by atoms with Crippen LogP contribution >= 0.6 is 23.2 Å². The Kier molecular flexibility index (Phi) is 6.18. The van der Waals surface area contributed by atoms with Crippen LogP contribution in [0.2, 0.25) is 10.0 Å². The highest BCUT2D eigenvalue weighted by molar-refractivity contribution is 6.42. The fourth-order valence-corrected chi connectivity index (χ4v) is 3.17. The van der Waals surface area contributed by atoms with Crippen molar-refractivity contribution in [1.29, 1.82) is 0 Å². The molecule has 0 spiro atoms. The molecule has 1 unspecified atom stereocenters. The number of nitrogens with one attached hydrogen (secondary N) is 1. The molecule has 0 aliphatic carbocycles. The summed E-state index contributed by atoms with van der Waals surface area (Å²) in [5.74, 6) is 0.868. The Hall–Kier alpha value is -2.61. The minimum absolute atomic E-state index is 0.122. The van der Waals surface area contributed by atoms with Crippen molar-refractivity contribution in [2.24, 2.45) is 5.73 Å². The second-order valence-electron chi connectivity index (χ2n) is 6.43. The van der Waals surface area contributed by atoms with E-state index in [4.69, 9.17) is 33.7 Å². The van der Waals surface area contributed by atoms with E-state index in [1.54, 1.807) is 18.2 Å². The largest absolute Gasteiger partial charge is 0.410 e. The first kappa shape index (κ1) is 20.1. The van der Waals surface area contributed by atoms with Crippen LogP contribution in [0.1, 0.15) is 11.6 Å². The Balaban J connectivity index is 2.01. The highest BCUT2D eigenvalue weighted by Gasteiger charge is 2.17. The molecule has 2 aromatic carbocycles. The maximum absolute atomic E-state index is 11.2. The van der Waals surface area contributed by atoms with Crippen LogP contribution in [-0.4, -0.2) is 41.6 Å². The van der Waals surface area contributed by atoms with Gasteiger partial charge in [-0.3, -0.25) is 0 Å². The van der Waals surface area contributed by atoms with Crippen LogP contribution in [0.15, 0.2) is 42.7 Å². The van der Waals surface area contributed by atoms with Gasteiger partial charge in [0.1, 0.15) is 17.7 Å². The molecule has 0 aliphatic rings. The number of amides is 1. The van der Waals surface area contributed by atoms with Gasteiger partial charge in [0.05, 0.1) is 16.1 Å². The highest BCUT2D eigenvalue weighted by Crippen LogP contribution is 2.31. The van der Waals surface area contributed by atoms with E-state index in [9.17, 15) is 4.79 Å². The molecule has 0 bridgehead atoms. The second-order valence-corrected chi connectivity index (χ2v) is 7.24. The Bertz CT molecular complexity index is 1010. The van der Waals surface area contributed by atoms with Crippen molar-refractivity contribution in [3.8, 4) is 5.75 Å². The number of carbonyl (C=O) groups is 1. The number of nitrogens with two attached hydrogens (primary N) is 1. The molecule has 3 aromatic rings. The lowest BCUT2D eigenvalue weighted by Crippen LogP contribution is -2.26. The van der Waals surface area contributed by atoms with E-state index in [0.29, 0.717) is 33.3 Å². The Labute approximate surface area is 172 Å². The summed E-state index contributed by atoms with van der Waals surface area (Å²) in [5, 5.41) is 5.11. The van der Waals surface area contributed by atoms with Gasteiger partial charge in [-0.15, -0.1) is 0 Å². The van der Waals surface area contributed by atoms with Crippen LogP contribution < -0.4 is 15.8 Å². The lowest BCUT2D eigenvalue weighted by atomic mass is 10.1.